The van der Waals surface area contributed by atoms with Crippen LogP contribution >= 0.6 is 0 Å². The molecule has 0 spiro atoms. The predicted octanol–water partition coefficient (Wildman–Crippen LogP) is 2.35. The number of carboxylic acids is 1. The van der Waals surface area contributed by atoms with Crippen molar-refractivity contribution in [3.05, 3.63) is 52.2 Å². The summed E-state index contributed by atoms with van der Waals surface area (Å²) in [5, 5.41) is 19.0. The maximum Gasteiger partial charge on any atom is 0.339 e. The molecule has 2 aromatic carbocycles. The summed E-state index contributed by atoms with van der Waals surface area (Å²) in [5.74, 6) is -1.86. The molecule has 1 heterocycles. The maximum atomic E-state index is 12.3. The lowest BCUT2D eigenvalue weighted by Gasteiger charge is -2.05. The number of aromatic carboxylic acids is 1. The summed E-state index contributed by atoms with van der Waals surface area (Å²) in [5.41, 5.74) is -0.221. The van der Waals surface area contributed by atoms with Crippen molar-refractivity contribution in [2.45, 2.75) is 0 Å². The van der Waals surface area contributed by atoms with Crippen LogP contribution in [0.3, 0.4) is 0 Å². The van der Waals surface area contributed by atoms with Crippen molar-refractivity contribution in [2.75, 3.05) is 0 Å². The largest absolute Gasteiger partial charge is 0.506 e. The summed E-state index contributed by atoms with van der Waals surface area (Å²) in [6.07, 6.45) is 0. The van der Waals surface area contributed by atoms with Crippen LogP contribution < -0.4 is 5.43 Å². The van der Waals surface area contributed by atoms with Gasteiger partial charge in [0.25, 0.3) is 0 Å². The van der Waals surface area contributed by atoms with E-state index in [1.54, 1.807) is 24.3 Å². The lowest BCUT2D eigenvalue weighted by molar-refractivity contribution is 0.0694. The molecular weight excluding hydrogens is 248 g/mol. The van der Waals surface area contributed by atoms with Gasteiger partial charge in [-0.3, -0.25) is 4.79 Å². The van der Waals surface area contributed by atoms with Crippen molar-refractivity contribution >= 4 is 27.9 Å². The summed E-state index contributed by atoms with van der Waals surface area (Å²) in [6.45, 7) is 0. The quantitative estimate of drug-likeness (QED) is 0.652. The molecule has 0 unspecified atom stereocenters. The van der Waals surface area contributed by atoms with Gasteiger partial charge in [-0.05, 0) is 24.3 Å². The second-order valence-electron chi connectivity index (χ2n) is 4.07. The molecule has 94 valence electrons. The van der Waals surface area contributed by atoms with Crippen molar-refractivity contribution in [1.82, 2.24) is 0 Å². The molecule has 0 atom stereocenters. The summed E-state index contributed by atoms with van der Waals surface area (Å²) in [4.78, 5) is 23.2. The van der Waals surface area contributed by atoms with Gasteiger partial charge in [0.15, 0.2) is 0 Å². The van der Waals surface area contributed by atoms with E-state index in [0.717, 1.165) is 0 Å². The zero-order valence-electron chi connectivity index (χ0n) is 9.58. The Kier molecular flexibility index (Phi) is 2.28. The Bertz CT molecular complexity index is 876. The van der Waals surface area contributed by atoms with E-state index in [-0.39, 0.29) is 16.5 Å². The highest BCUT2D eigenvalue weighted by atomic mass is 16.4. The van der Waals surface area contributed by atoms with E-state index in [1.165, 1.54) is 12.1 Å². The van der Waals surface area contributed by atoms with Crippen LogP contribution in [0.1, 0.15) is 10.4 Å². The highest BCUT2D eigenvalue weighted by Crippen LogP contribution is 2.28. The van der Waals surface area contributed by atoms with Gasteiger partial charge in [-0.2, -0.15) is 0 Å². The molecule has 0 aliphatic heterocycles. The van der Waals surface area contributed by atoms with Crippen LogP contribution in [-0.4, -0.2) is 16.2 Å². The van der Waals surface area contributed by atoms with Crippen LogP contribution in [0.15, 0.2) is 45.6 Å². The number of aromatic hydroxyl groups is 1. The van der Waals surface area contributed by atoms with E-state index in [9.17, 15) is 14.7 Å². The van der Waals surface area contributed by atoms with E-state index in [1.807, 2.05) is 0 Å². The van der Waals surface area contributed by atoms with Gasteiger partial charge >= 0.3 is 5.97 Å². The smallest absolute Gasteiger partial charge is 0.339 e. The van der Waals surface area contributed by atoms with Crippen molar-refractivity contribution in [1.29, 1.82) is 0 Å². The van der Waals surface area contributed by atoms with E-state index in [2.05, 4.69) is 0 Å². The first-order valence-electron chi connectivity index (χ1n) is 5.50. The SMILES string of the molecule is O=C(O)c1ccc2oc3ccccc3c(=O)c2c1O. The van der Waals surface area contributed by atoms with Crippen molar-refractivity contribution in [3.63, 3.8) is 0 Å². The molecule has 0 aliphatic carbocycles. The van der Waals surface area contributed by atoms with Gasteiger partial charge in [0.05, 0.1) is 5.39 Å². The molecule has 5 heteroatoms. The topological polar surface area (TPSA) is 87.7 Å². The van der Waals surface area contributed by atoms with Crippen LogP contribution in [0.5, 0.6) is 5.75 Å². The van der Waals surface area contributed by atoms with Crippen LogP contribution in [0.2, 0.25) is 0 Å². The van der Waals surface area contributed by atoms with E-state index in [4.69, 9.17) is 9.52 Å². The molecule has 2 N–H and O–H groups in total. The van der Waals surface area contributed by atoms with Gasteiger partial charge in [0.1, 0.15) is 27.9 Å². The molecule has 0 fully saturated rings. The normalized spacial score (nSPS) is 10.9. The van der Waals surface area contributed by atoms with Gasteiger partial charge < -0.3 is 14.6 Å². The molecule has 0 saturated carbocycles. The Morgan fingerprint density at radius 1 is 1.05 bits per heavy atom. The minimum Gasteiger partial charge on any atom is -0.506 e. The average Bonchev–Trinajstić information content (AvgIpc) is 2.38. The summed E-state index contributed by atoms with van der Waals surface area (Å²) in [7, 11) is 0. The van der Waals surface area contributed by atoms with Crippen LogP contribution in [0, 0.1) is 0 Å². The minimum absolute atomic E-state index is 0.112. The molecule has 0 radical (unpaired) electrons. The Morgan fingerprint density at radius 3 is 2.53 bits per heavy atom. The third-order valence-corrected chi connectivity index (χ3v) is 2.95. The molecule has 5 nitrogen and oxygen atoms in total. The molecule has 0 amide bonds. The maximum absolute atomic E-state index is 12.3. The fourth-order valence-electron chi connectivity index (χ4n) is 2.05. The lowest BCUT2D eigenvalue weighted by Crippen LogP contribution is -2.05. The van der Waals surface area contributed by atoms with Crippen LogP contribution in [0.4, 0.5) is 0 Å². The Hall–Kier alpha value is -2.82. The summed E-state index contributed by atoms with van der Waals surface area (Å²) in [6, 6.07) is 9.17. The second kappa shape index (κ2) is 3.84. The monoisotopic (exact) mass is 256 g/mol. The first-order chi connectivity index (χ1) is 9.09. The fourth-order valence-corrected chi connectivity index (χ4v) is 2.05. The summed E-state index contributed by atoms with van der Waals surface area (Å²) >= 11 is 0. The number of para-hydroxylation sites is 1. The standard InChI is InChI=1S/C14H8O5/c15-12-7-3-1-2-4-9(7)19-10-6-5-8(14(17)18)13(16)11(10)12/h1-6,16H,(H,17,18). The Labute approximate surface area is 106 Å². The third kappa shape index (κ3) is 1.55. The second-order valence-corrected chi connectivity index (χ2v) is 4.07. The van der Waals surface area contributed by atoms with Gasteiger partial charge in [-0.25, -0.2) is 4.79 Å². The zero-order chi connectivity index (χ0) is 13.6. The number of fused-ring (bicyclic) bond motifs is 2. The number of rotatable bonds is 1. The molecule has 1 aromatic heterocycles. The first kappa shape index (κ1) is 11.3. The highest BCUT2D eigenvalue weighted by molar-refractivity contribution is 6.01. The number of benzene rings is 2. The number of hydrogen-bond donors (Lipinski definition) is 2. The molecule has 19 heavy (non-hydrogen) atoms. The zero-order valence-corrected chi connectivity index (χ0v) is 9.58. The Morgan fingerprint density at radius 2 is 1.79 bits per heavy atom. The van der Waals surface area contributed by atoms with Gasteiger partial charge in [0.2, 0.25) is 5.43 Å². The van der Waals surface area contributed by atoms with E-state index < -0.39 is 17.1 Å². The van der Waals surface area contributed by atoms with Gasteiger partial charge in [-0.1, -0.05) is 12.1 Å². The molecule has 0 bridgehead atoms. The average molecular weight is 256 g/mol. The molecular formula is C14H8O5. The molecule has 0 aliphatic rings. The Balaban J connectivity index is 2.57. The highest BCUT2D eigenvalue weighted by Gasteiger charge is 2.17. The number of carbonyl (C=O) groups is 1. The summed E-state index contributed by atoms with van der Waals surface area (Å²) < 4.78 is 5.49. The van der Waals surface area contributed by atoms with E-state index in [0.29, 0.717) is 11.0 Å². The van der Waals surface area contributed by atoms with Crippen LogP contribution in [-0.2, 0) is 0 Å². The number of carboxylic acid groups (broad SMARTS) is 1. The molecule has 0 saturated heterocycles. The predicted molar refractivity (Wildman–Crippen MR) is 68.6 cm³/mol. The van der Waals surface area contributed by atoms with Crippen molar-refractivity contribution in [2.24, 2.45) is 0 Å². The number of phenols is 1. The van der Waals surface area contributed by atoms with E-state index >= 15 is 0 Å². The lowest BCUT2D eigenvalue weighted by atomic mass is 10.1. The fraction of sp³-hybridized carbons (Fsp3) is 0. The van der Waals surface area contributed by atoms with Crippen LogP contribution in [0.25, 0.3) is 21.9 Å². The minimum atomic E-state index is -1.30. The third-order valence-electron chi connectivity index (χ3n) is 2.95. The number of hydrogen-bond acceptors (Lipinski definition) is 4. The van der Waals surface area contributed by atoms with Crippen molar-refractivity contribution in [3.8, 4) is 5.75 Å². The first-order valence-corrected chi connectivity index (χ1v) is 5.50. The molecule has 3 aromatic rings. The van der Waals surface area contributed by atoms with Gasteiger partial charge in [0, 0.05) is 0 Å². The van der Waals surface area contributed by atoms with Gasteiger partial charge in [-0.15, -0.1) is 0 Å². The molecule has 3 rings (SSSR count). The van der Waals surface area contributed by atoms with Crippen molar-refractivity contribution < 1.29 is 19.4 Å².